The third-order valence-electron chi connectivity index (χ3n) is 4.61. The van der Waals surface area contributed by atoms with Gasteiger partial charge in [-0.05, 0) is 35.4 Å². The van der Waals surface area contributed by atoms with Crippen molar-refractivity contribution in [3.63, 3.8) is 0 Å². The first-order valence-electron chi connectivity index (χ1n) is 9.35. The van der Waals surface area contributed by atoms with E-state index in [-0.39, 0.29) is 22.1 Å². The van der Waals surface area contributed by atoms with Crippen LogP contribution in [0.15, 0.2) is 83.1 Å². The largest absolute Gasteiger partial charge is 0.462 e. The second kappa shape index (κ2) is 8.30. The molecule has 0 unspecified atom stereocenters. The van der Waals surface area contributed by atoms with Gasteiger partial charge in [-0.3, -0.25) is 4.72 Å². The van der Waals surface area contributed by atoms with Gasteiger partial charge in [-0.15, -0.1) is 11.3 Å². The van der Waals surface area contributed by atoms with Gasteiger partial charge in [-0.25, -0.2) is 13.2 Å². The van der Waals surface area contributed by atoms with Gasteiger partial charge in [-0.1, -0.05) is 60.7 Å². The van der Waals surface area contributed by atoms with Crippen LogP contribution in [-0.4, -0.2) is 21.0 Å². The molecule has 7 heteroatoms. The maximum atomic E-state index is 13.1. The Kier molecular flexibility index (Phi) is 5.57. The van der Waals surface area contributed by atoms with Crippen LogP contribution in [0.2, 0.25) is 0 Å². The predicted molar refractivity (Wildman–Crippen MR) is 120 cm³/mol. The third kappa shape index (κ3) is 3.94. The van der Waals surface area contributed by atoms with Gasteiger partial charge < -0.3 is 4.74 Å². The number of carbonyl (C=O) groups is 1. The lowest BCUT2D eigenvalue weighted by Crippen LogP contribution is -2.15. The average Bonchev–Trinajstić information content (AvgIpc) is 3.17. The fourth-order valence-corrected chi connectivity index (χ4v) is 5.50. The summed E-state index contributed by atoms with van der Waals surface area (Å²) in [7, 11) is -3.89. The molecule has 0 bridgehead atoms. The van der Waals surface area contributed by atoms with E-state index >= 15 is 0 Å². The molecular formula is C23H19NO4S2. The van der Waals surface area contributed by atoms with Crippen LogP contribution in [0, 0.1) is 0 Å². The highest BCUT2D eigenvalue weighted by Crippen LogP contribution is 2.37. The zero-order chi connectivity index (χ0) is 21.1. The molecule has 0 aliphatic heterocycles. The van der Waals surface area contributed by atoms with Gasteiger partial charge in [0.25, 0.3) is 10.0 Å². The zero-order valence-corrected chi connectivity index (χ0v) is 17.8. The molecule has 0 saturated heterocycles. The van der Waals surface area contributed by atoms with E-state index in [2.05, 4.69) is 4.72 Å². The Morgan fingerprint density at radius 2 is 1.67 bits per heavy atom. The summed E-state index contributed by atoms with van der Waals surface area (Å²) < 4.78 is 33.9. The summed E-state index contributed by atoms with van der Waals surface area (Å²) in [6.45, 7) is 1.91. The molecule has 0 aliphatic rings. The first-order chi connectivity index (χ1) is 14.5. The lowest BCUT2D eigenvalue weighted by Gasteiger charge is -2.11. The topological polar surface area (TPSA) is 72.5 Å². The van der Waals surface area contributed by atoms with E-state index in [1.54, 1.807) is 30.5 Å². The summed E-state index contributed by atoms with van der Waals surface area (Å²) in [6, 6.07) is 21.8. The lowest BCUT2D eigenvalue weighted by molar-refractivity contribution is 0.0529. The van der Waals surface area contributed by atoms with Crippen molar-refractivity contribution in [2.75, 3.05) is 11.3 Å². The minimum atomic E-state index is -3.89. The Morgan fingerprint density at radius 3 is 2.40 bits per heavy atom. The van der Waals surface area contributed by atoms with Crippen LogP contribution in [0.3, 0.4) is 0 Å². The number of benzene rings is 3. The number of nitrogens with one attached hydrogen (secondary N) is 1. The van der Waals surface area contributed by atoms with E-state index in [9.17, 15) is 13.2 Å². The van der Waals surface area contributed by atoms with Crippen molar-refractivity contribution in [1.82, 2.24) is 0 Å². The molecule has 0 amide bonds. The van der Waals surface area contributed by atoms with Crippen molar-refractivity contribution in [2.45, 2.75) is 11.8 Å². The highest BCUT2D eigenvalue weighted by molar-refractivity contribution is 7.93. The van der Waals surface area contributed by atoms with Crippen LogP contribution in [-0.2, 0) is 14.8 Å². The van der Waals surface area contributed by atoms with Crippen LogP contribution in [0.1, 0.15) is 17.3 Å². The molecule has 0 aliphatic carbocycles. The van der Waals surface area contributed by atoms with E-state index in [4.69, 9.17) is 4.74 Å². The molecule has 0 spiro atoms. The molecule has 0 saturated carbocycles. The van der Waals surface area contributed by atoms with Crippen molar-refractivity contribution in [1.29, 1.82) is 0 Å². The highest BCUT2D eigenvalue weighted by atomic mass is 32.2. The summed E-state index contributed by atoms with van der Waals surface area (Å²) >= 11 is 1.16. The Bertz CT molecular complexity index is 1310. The monoisotopic (exact) mass is 437 g/mol. The van der Waals surface area contributed by atoms with Gasteiger partial charge in [0.15, 0.2) is 0 Å². The van der Waals surface area contributed by atoms with E-state index < -0.39 is 16.0 Å². The number of anilines is 1. The second-order valence-corrected chi connectivity index (χ2v) is 9.12. The van der Waals surface area contributed by atoms with Crippen LogP contribution in [0.25, 0.3) is 21.9 Å². The van der Waals surface area contributed by atoms with Gasteiger partial charge in [0.1, 0.15) is 10.6 Å². The Labute approximate surface area is 179 Å². The number of ether oxygens (including phenoxy) is 1. The van der Waals surface area contributed by atoms with E-state index in [1.807, 2.05) is 54.6 Å². The maximum absolute atomic E-state index is 13.1. The van der Waals surface area contributed by atoms with Crippen molar-refractivity contribution in [3.05, 3.63) is 83.7 Å². The smallest absolute Gasteiger partial charge is 0.341 e. The quantitative estimate of drug-likeness (QED) is 0.402. The molecule has 1 heterocycles. The standard InChI is InChI=1S/C23H19NO4S2/c1-2-28-23(25)21-20(17-9-4-3-5-10-17)15-29-22(21)24-30(26,27)19-13-12-16-8-6-7-11-18(16)14-19/h3-15,24H,2H2,1H3. The molecule has 1 aromatic heterocycles. The predicted octanol–water partition coefficient (Wildman–Crippen LogP) is 5.55. The zero-order valence-electron chi connectivity index (χ0n) is 16.2. The maximum Gasteiger partial charge on any atom is 0.341 e. The fraction of sp³-hybridized carbons (Fsp3) is 0.0870. The summed E-state index contributed by atoms with van der Waals surface area (Å²) in [6.07, 6.45) is 0. The van der Waals surface area contributed by atoms with E-state index in [0.717, 1.165) is 27.7 Å². The second-order valence-electron chi connectivity index (χ2n) is 6.55. The van der Waals surface area contributed by atoms with Crippen molar-refractivity contribution < 1.29 is 17.9 Å². The number of carbonyl (C=O) groups excluding carboxylic acids is 1. The van der Waals surface area contributed by atoms with Gasteiger partial charge in [-0.2, -0.15) is 0 Å². The summed E-state index contributed by atoms with van der Waals surface area (Å²) in [5, 5.41) is 3.77. The summed E-state index contributed by atoms with van der Waals surface area (Å²) in [5.74, 6) is -0.561. The Morgan fingerprint density at radius 1 is 0.967 bits per heavy atom. The molecule has 0 fully saturated rings. The summed E-state index contributed by atoms with van der Waals surface area (Å²) in [5.41, 5.74) is 1.67. The van der Waals surface area contributed by atoms with Gasteiger partial charge in [0.05, 0.1) is 11.5 Å². The molecule has 4 rings (SSSR count). The molecule has 30 heavy (non-hydrogen) atoms. The number of sulfonamides is 1. The van der Waals surface area contributed by atoms with E-state index in [0.29, 0.717) is 5.56 Å². The van der Waals surface area contributed by atoms with Gasteiger partial charge in [0, 0.05) is 10.9 Å². The highest BCUT2D eigenvalue weighted by Gasteiger charge is 2.25. The fourth-order valence-electron chi connectivity index (χ4n) is 3.18. The number of thiophene rings is 1. The third-order valence-corrected chi connectivity index (χ3v) is 6.99. The van der Waals surface area contributed by atoms with Crippen molar-refractivity contribution in [2.24, 2.45) is 0 Å². The molecular weight excluding hydrogens is 418 g/mol. The minimum Gasteiger partial charge on any atom is -0.462 e. The van der Waals surface area contributed by atoms with Gasteiger partial charge >= 0.3 is 5.97 Å². The van der Waals surface area contributed by atoms with Crippen molar-refractivity contribution in [3.8, 4) is 11.1 Å². The Hall–Kier alpha value is -3.16. The molecule has 0 atom stereocenters. The van der Waals surface area contributed by atoms with E-state index in [1.165, 1.54) is 0 Å². The normalized spacial score (nSPS) is 11.4. The summed E-state index contributed by atoms with van der Waals surface area (Å²) in [4.78, 5) is 12.8. The number of hydrogen-bond acceptors (Lipinski definition) is 5. The lowest BCUT2D eigenvalue weighted by atomic mass is 10.0. The van der Waals surface area contributed by atoms with Crippen LogP contribution in [0.5, 0.6) is 0 Å². The minimum absolute atomic E-state index is 0.130. The number of esters is 1. The SMILES string of the molecule is CCOC(=O)c1c(-c2ccccc2)csc1NS(=O)(=O)c1ccc2ccccc2c1. The number of rotatable bonds is 6. The first-order valence-corrected chi connectivity index (χ1v) is 11.7. The average molecular weight is 438 g/mol. The van der Waals surface area contributed by atoms with Gasteiger partial charge in [0.2, 0.25) is 0 Å². The first kappa shape index (κ1) is 20.1. The Balaban J connectivity index is 1.76. The van der Waals surface area contributed by atoms with Crippen molar-refractivity contribution >= 4 is 43.1 Å². The molecule has 152 valence electrons. The van der Waals surface area contributed by atoms with Crippen LogP contribution < -0.4 is 4.72 Å². The van der Waals surface area contributed by atoms with Crippen LogP contribution >= 0.6 is 11.3 Å². The number of hydrogen-bond donors (Lipinski definition) is 1. The van der Waals surface area contributed by atoms with Crippen LogP contribution in [0.4, 0.5) is 5.00 Å². The molecule has 4 aromatic rings. The molecule has 5 nitrogen and oxygen atoms in total. The molecule has 1 N–H and O–H groups in total. The molecule has 3 aromatic carbocycles. The number of fused-ring (bicyclic) bond motifs is 1. The molecule has 0 radical (unpaired) electrons.